The molecule has 3 heteroatoms. The molecule has 0 aliphatic carbocycles. The predicted molar refractivity (Wildman–Crippen MR) is 219 cm³/mol. The van der Waals surface area contributed by atoms with Crippen LogP contribution in [0.25, 0.3) is 100.0 Å². The van der Waals surface area contributed by atoms with Crippen LogP contribution in [-0.4, -0.2) is 9.97 Å². The highest BCUT2D eigenvalue weighted by atomic mass is 16.3. The predicted octanol–water partition coefficient (Wildman–Crippen LogP) is 13.5. The van der Waals surface area contributed by atoms with Crippen LogP contribution in [0.4, 0.5) is 0 Å². The van der Waals surface area contributed by atoms with E-state index in [0.29, 0.717) is 5.82 Å². The van der Waals surface area contributed by atoms with Crippen LogP contribution in [0.15, 0.2) is 199 Å². The minimum Gasteiger partial charge on any atom is -0.455 e. The van der Waals surface area contributed by atoms with E-state index in [4.69, 9.17) is 14.4 Å². The number of hydrogen-bond donors (Lipinski definition) is 0. The van der Waals surface area contributed by atoms with Crippen molar-refractivity contribution in [3.05, 3.63) is 194 Å². The van der Waals surface area contributed by atoms with E-state index in [1.165, 1.54) is 33.0 Å². The molecule has 8 aromatic carbocycles. The van der Waals surface area contributed by atoms with Crippen molar-refractivity contribution in [2.75, 3.05) is 0 Å². The summed E-state index contributed by atoms with van der Waals surface area (Å²) in [7, 11) is 0. The molecule has 10 rings (SSSR count). The monoisotopic (exact) mass is 676 g/mol. The molecule has 0 aliphatic rings. The number of rotatable bonds is 6. The Labute approximate surface area is 307 Å². The molecule has 0 spiro atoms. The van der Waals surface area contributed by atoms with Crippen molar-refractivity contribution in [1.82, 2.24) is 9.97 Å². The molecule has 0 saturated heterocycles. The standard InChI is InChI=1S/C50H32N2O/c1-3-12-33(13-4-1)34-22-28-39(29-23-34)46-32-45(38-15-5-2-6-16-38)51-50(52-46)44-31-30-42(49-48(44)43-19-9-10-21-47(43)53-49)37-26-24-36(25-27-37)41-20-11-17-35-14-7-8-18-40(35)41/h1-32H. The summed E-state index contributed by atoms with van der Waals surface area (Å²) in [4.78, 5) is 10.5. The number of furan rings is 1. The molecular formula is C50H32N2O. The number of para-hydroxylation sites is 1. The highest BCUT2D eigenvalue weighted by Crippen LogP contribution is 2.42. The molecule has 0 aliphatic heterocycles. The second-order valence-electron chi connectivity index (χ2n) is 13.3. The molecule has 2 aromatic heterocycles. The number of fused-ring (bicyclic) bond motifs is 4. The maximum atomic E-state index is 6.70. The fraction of sp³-hybridized carbons (Fsp3) is 0. The van der Waals surface area contributed by atoms with Gasteiger partial charge in [0.1, 0.15) is 11.2 Å². The zero-order valence-corrected chi connectivity index (χ0v) is 28.8. The highest BCUT2D eigenvalue weighted by molar-refractivity contribution is 6.16. The smallest absolute Gasteiger partial charge is 0.161 e. The lowest BCUT2D eigenvalue weighted by molar-refractivity contribution is 0.670. The summed E-state index contributed by atoms with van der Waals surface area (Å²) < 4.78 is 6.70. The maximum Gasteiger partial charge on any atom is 0.161 e. The second-order valence-corrected chi connectivity index (χ2v) is 13.3. The molecule has 0 bridgehead atoms. The fourth-order valence-electron chi connectivity index (χ4n) is 7.48. The van der Waals surface area contributed by atoms with Gasteiger partial charge in [-0.15, -0.1) is 0 Å². The van der Waals surface area contributed by atoms with Crippen LogP contribution in [0.3, 0.4) is 0 Å². The van der Waals surface area contributed by atoms with E-state index in [0.717, 1.165) is 61.1 Å². The Morgan fingerprint density at radius 3 is 1.58 bits per heavy atom. The van der Waals surface area contributed by atoms with E-state index >= 15 is 0 Å². The highest BCUT2D eigenvalue weighted by Gasteiger charge is 2.20. The van der Waals surface area contributed by atoms with E-state index < -0.39 is 0 Å². The molecule has 0 fully saturated rings. The van der Waals surface area contributed by atoms with Crippen LogP contribution in [-0.2, 0) is 0 Å². The molecule has 10 aromatic rings. The van der Waals surface area contributed by atoms with Gasteiger partial charge in [0.25, 0.3) is 0 Å². The third-order valence-corrected chi connectivity index (χ3v) is 10.1. The number of aromatic nitrogens is 2. The van der Waals surface area contributed by atoms with Gasteiger partial charge in [0.2, 0.25) is 0 Å². The zero-order chi connectivity index (χ0) is 35.1. The Kier molecular flexibility index (Phi) is 7.47. The molecule has 248 valence electrons. The van der Waals surface area contributed by atoms with Gasteiger partial charge in [0.05, 0.1) is 11.4 Å². The van der Waals surface area contributed by atoms with Gasteiger partial charge in [-0.2, -0.15) is 0 Å². The van der Waals surface area contributed by atoms with Crippen molar-refractivity contribution >= 4 is 32.7 Å². The third kappa shape index (κ3) is 5.56. The molecule has 0 saturated carbocycles. The molecule has 0 atom stereocenters. The Bertz CT molecular complexity index is 2910. The minimum absolute atomic E-state index is 0.655. The van der Waals surface area contributed by atoms with Crippen LogP contribution in [0.1, 0.15) is 0 Å². The van der Waals surface area contributed by atoms with Gasteiger partial charge in [0, 0.05) is 33.0 Å². The molecule has 0 unspecified atom stereocenters. The van der Waals surface area contributed by atoms with E-state index in [1.807, 2.05) is 36.4 Å². The number of nitrogens with zero attached hydrogens (tertiary/aromatic N) is 2. The van der Waals surface area contributed by atoms with Crippen molar-refractivity contribution in [2.24, 2.45) is 0 Å². The normalized spacial score (nSPS) is 11.4. The van der Waals surface area contributed by atoms with E-state index in [2.05, 4.69) is 158 Å². The van der Waals surface area contributed by atoms with Crippen LogP contribution in [0.5, 0.6) is 0 Å². The first-order valence-corrected chi connectivity index (χ1v) is 17.9. The van der Waals surface area contributed by atoms with E-state index in [-0.39, 0.29) is 0 Å². The first-order valence-electron chi connectivity index (χ1n) is 17.9. The van der Waals surface area contributed by atoms with E-state index in [9.17, 15) is 0 Å². The van der Waals surface area contributed by atoms with Crippen LogP contribution in [0.2, 0.25) is 0 Å². The second kappa shape index (κ2) is 12.9. The number of hydrogen-bond acceptors (Lipinski definition) is 3. The van der Waals surface area contributed by atoms with Crippen molar-refractivity contribution in [2.45, 2.75) is 0 Å². The van der Waals surface area contributed by atoms with Crippen LogP contribution < -0.4 is 0 Å². The van der Waals surface area contributed by atoms with Crippen molar-refractivity contribution in [3.8, 4) is 67.3 Å². The summed E-state index contributed by atoms with van der Waals surface area (Å²) in [5.41, 5.74) is 13.3. The summed E-state index contributed by atoms with van der Waals surface area (Å²) >= 11 is 0. The van der Waals surface area contributed by atoms with Gasteiger partial charge in [0.15, 0.2) is 5.82 Å². The molecular weight excluding hydrogens is 645 g/mol. The average molecular weight is 677 g/mol. The topological polar surface area (TPSA) is 38.9 Å². The largest absolute Gasteiger partial charge is 0.455 e. The van der Waals surface area contributed by atoms with Crippen molar-refractivity contribution < 1.29 is 4.42 Å². The number of benzene rings is 8. The van der Waals surface area contributed by atoms with E-state index in [1.54, 1.807) is 0 Å². The lowest BCUT2D eigenvalue weighted by Crippen LogP contribution is -1.97. The van der Waals surface area contributed by atoms with Gasteiger partial charge in [-0.05, 0) is 62.9 Å². The molecule has 0 radical (unpaired) electrons. The van der Waals surface area contributed by atoms with Crippen LogP contribution in [0, 0.1) is 0 Å². The summed E-state index contributed by atoms with van der Waals surface area (Å²) in [5.74, 6) is 0.655. The summed E-state index contributed by atoms with van der Waals surface area (Å²) in [6.45, 7) is 0. The quantitative estimate of drug-likeness (QED) is 0.176. The average Bonchev–Trinajstić information content (AvgIpc) is 3.64. The zero-order valence-electron chi connectivity index (χ0n) is 28.8. The minimum atomic E-state index is 0.655. The maximum absolute atomic E-state index is 6.70. The molecule has 0 N–H and O–H groups in total. The Morgan fingerprint density at radius 1 is 0.340 bits per heavy atom. The third-order valence-electron chi connectivity index (χ3n) is 10.1. The van der Waals surface area contributed by atoms with Gasteiger partial charge in [-0.3, -0.25) is 0 Å². The Hall–Kier alpha value is -7.10. The van der Waals surface area contributed by atoms with Crippen LogP contribution >= 0.6 is 0 Å². The molecule has 2 heterocycles. The SMILES string of the molecule is c1ccc(-c2ccc(-c3cc(-c4ccccc4)nc(-c4ccc(-c5ccc(-c6cccc7ccccc67)cc5)c5oc6ccccc6c45)n3)cc2)cc1. The van der Waals surface area contributed by atoms with Gasteiger partial charge < -0.3 is 4.42 Å². The lowest BCUT2D eigenvalue weighted by Gasteiger charge is -2.12. The molecule has 53 heavy (non-hydrogen) atoms. The van der Waals surface area contributed by atoms with Gasteiger partial charge in [-0.1, -0.05) is 170 Å². The fourth-order valence-corrected chi connectivity index (χ4v) is 7.48. The van der Waals surface area contributed by atoms with Gasteiger partial charge in [-0.25, -0.2) is 9.97 Å². The summed E-state index contributed by atoms with van der Waals surface area (Å²) in [6.07, 6.45) is 0. The molecule has 0 amide bonds. The first-order chi connectivity index (χ1) is 26.3. The lowest BCUT2D eigenvalue weighted by atomic mass is 9.94. The van der Waals surface area contributed by atoms with Crippen molar-refractivity contribution in [1.29, 1.82) is 0 Å². The molecule has 3 nitrogen and oxygen atoms in total. The summed E-state index contributed by atoms with van der Waals surface area (Å²) in [6, 6.07) is 67.9. The van der Waals surface area contributed by atoms with Crippen molar-refractivity contribution in [3.63, 3.8) is 0 Å². The Balaban J connectivity index is 1.12. The van der Waals surface area contributed by atoms with Gasteiger partial charge >= 0.3 is 0 Å². The first kappa shape index (κ1) is 30.7. The summed E-state index contributed by atoms with van der Waals surface area (Å²) in [5, 5.41) is 4.52. The Morgan fingerprint density at radius 2 is 0.849 bits per heavy atom.